The van der Waals surface area contributed by atoms with Gasteiger partial charge in [0.25, 0.3) is 5.91 Å². The van der Waals surface area contributed by atoms with E-state index in [1.165, 1.54) is 49.1 Å². The van der Waals surface area contributed by atoms with Crippen LogP contribution in [0.5, 0.6) is 0 Å². The monoisotopic (exact) mass is 352 g/mol. The molecule has 3 nitrogen and oxygen atoms in total. The second-order valence-electron chi connectivity index (χ2n) is 7.04. The van der Waals surface area contributed by atoms with Crippen molar-refractivity contribution in [1.29, 1.82) is 0 Å². The highest BCUT2D eigenvalue weighted by atomic mass is 32.1. The zero-order valence-corrected chi connectivity index (χ0v) is 15.3. The van der Waals surface area contributed by atoms with Crippen molar-refractivity contribution in [3.8, 4) is 11.3 Å². The number of hydrogen-bond donors (Lipinski definition) is 1. The number of thiazole rings is 1. The quantitative estimate of drug-likeness (QED) is 0.716. The summed E-state index contributed by atoms with van der Waals surface area (Å²) in [6.45, 7) is 0.725. The minimum absolute atomic E-state index is 0.0138. The number of amides is 1. The lowest BCUT2D eigenvalue weighted by Gasteiger charge is -2.13. The molecule has 25 heavy (non-hydrogen) atoms. The first-order valence-electron chi connectivity index (χ1n) is 9.31. The van der Waals surface area contributed by atoms with Crippen molar-refractivity contribution >= 4 is 17.2 Å². The number of hydrogen-bond acceptors (Lipinski definition) is 3. The number of allylic oxidation sites excluding steroid dienone is 1. The molecule has 4 rings (SSSR count). The van der Waals surface area contributed by atoms with Crippen LogP contribution in [0.3, 0.4) is 0 Å². The standard InChI is InChI=1S/C21H24N2OS/c24-20(22-13-12-15-4-2-1-3-5-15)17-8-6-16(7-9-17)19-14-25-21(23-19)18-10-11-18/h4,6-9,14,18H,1-3,5,10-13H2,(H,22,24). The Morgan fingerprint density at radius 2 is 2.04 bits per heavy atom. The van der Waals surface area contributed by atoms with Crippen molar-refractivity contribution in [3.05, 3.63) is 51.9 Å². The van der Waals surface area contributed by atoms with E-state index in [1.807, 2.05) is 24.3 Å². The molecule has 0 aliphatic heterocycles. The summed E-state index contributed by atoms with van der Waals surface area (Å²) in [7, 11) is 0. The van der Waals surface area contributed by atoms with E-state index in [-0.39, 0.29) is 5.91 Å². The van der Waals surface area contributed by atoms with Gasteiger partial charge in [0.05, 0.1) is 10.7 Å². The Balaban J connectivity index is 1.32. The minimum Gasteiger partial charge on any atom is -0.352 e. The summed E-state index contributed by atoms with van der Waals surface area (Å²) in [5.41, 5.74) is 4.34. The second-order valence-corrected chi connectivity index (χ2v) is 7.93. The Labute approximate surface area is 153 Å². The molecule has 0 saturated heterocycles. The predicted octanol–water partition coefficient (Wildman–Crippen LogP) is 5.31. The molecule has 0 bridgehead atoms. The van der Waals surface area contributed by atoms with Crippen LogP contribution in [0.25, 0.3) is 11.3 Å². The van der Waals surface area contributed by atoms with Crippen molar-refractivity contribution in [2.45, 2.75) is 50.9 Å². The molecule has 0 radical (unpaired) electrons. The van der Waals surface area contributed by atoms with Gasteiger partial charge in [-0.1, -0.05) is 23.8 Å². The Kier molecular flexibility index (Phi) is 4.97. The fourth-order valence-electron chi connectivity index (χ4n) is 3.30. The van der Waals surface area contributed by atoms with Crippen LogP contribution >= 0.6 is 11.3 Å². The number of benzene rings is 1. The highest BCUT2D eigenvalue weighted by molar-refractivity contribution is 7.10. The molecule has 2 aliphatic rings. The SMILES string of the molecule is O=C(NCCC1=CCCCC1)c1ccc(-c2csc(C3CC3)n2)cc1. The molecule has 130 valence electrons. The van der Waals surface area contributed by atoms with E-state index in [1.54, 1.807) is 11.3 Å². The third-order valence-corrected chi connectivity index (χ3v) is 6.02. The van der Waals surface area contributed by atoms with E-state index in [0.29, 0.717) is 5.92 Å². The Bertz CT molecular complexity index is 771. The van der Waals surface area contributed by atoms with Gasteiger partial charge in [-0.05, 0) is 57.1 Å². The largest absolute Gasteiger partial charge is 0.352 e. The van der Waals surface area contributed by atoms with Gasteiger partial charge in [0, 0.05) is 29.0 Å². The van der Waals surface area contributed by atoms with Crippen molar-refractivity contribution in [2.24, 2.45) is 0 Å². The van der Waals surface area contributed by atoms with E-state index in [9.17, 15) is 4.79 Å². The van der Waals surface area contributed by atoms with Gasteiger partial charge < -0.3 is 5.32 Å². The maximum atomic E-state index is 12.3. The van der Waals surface area contributed by atoms with Crippen molar-refractivity contribution in [2.75, 3.05) is 6.54 Å². The van der Waals surface area contributed by atoms with Crippen molar-refractivity contribution in [1.82, 2.24) is 10.3 Å². The van der Waals surface area contributed by atoms with E-state index >= 15 is 0 Å². The third-order valence-electron chi connectivity index (χ3n) is 5.01. The van der Waals surface area contributed by atoms with Crippen LogP contribution in [-0.4, -0.2) is 17.4 Å². The van der Waals surface area contributed by atoms with Crippen LogP contribution in [0.4, 0.5) is 0 Å². The summed E-state index contributed by atoms with van der Waals surface area (Å²) in [4.78, 5) is 17.0. The first-order valence-corrected chi connectivity index (χ1v) is 10.2. The highest BCUT2D eigenvalue weighted by Crippen LogP contribution is 2.42. The number of carbonyl (C=O) groups is 1. The highest BCUT2D eigenvalue weighted by Gasteiger charge is 2.26. The average Bonchev–Trinajstić information content (AvgIpc) is 3.40. The molecule has 2 aromatic rings. The van der Waals surface area contributed by atoms with Gasteiger partial charge >= 0.3 is 0 Å². The lowest BCUT2D eigenvalue weighted by atomic mass is 9.97. The summed E-state index contributed by atoms with van der Waals surface area (Å²) < 4.78 is 0. The number of carbonyl (C=O) groups excluding carboxylic acids is 1. The van der Waals surface area contributed by atoms with Crippen LogP contribution in [0.2, 0.25) is 0 Å². The molecule has 4 heteroatoms. The van der Waals surface area contributed by atoms with E-state index < -0.39 is 0 Å². The Morgan fingerprint density at radius 1 is 1.20 bits per heavy atom. The average molecular weight is 353 g/mol. The first-order chi connectivity index (χ1) is 12.3. The van der Waals surface area contributed by atoms with Crippen LogP contribution in [0.15, 0.2) is 41.3 Å². The molecule has 1 N–H and O–H groups in total. The fourth-order valence-corrected chi connectivity index (χ4v) is 4.30. The van der Waals surface area contributed by atoms with E-state index in [0.717, 1.165) is 29.8 Å². The molecule has 0 unspecified atom stereocenters. The second kappa shape index (κ2) is 7.52. The predicted molar refractivity (Wildman–Crippen MR) is 103 cm³/mol. The number of aromatic nitrogens is 1. The third kappa shape index (κ3) is 4.18. The summed E-state index contributed by atoms with van der Waals surface area (Å²) >= 11 is 1.75. The first kappa shape index (κ1) is 16.5. The van der Waals surface area contributed by atoms with Crippen LogP contribution < -0.4 is 5.32 Å². The topological polar surface area (TPSA) is 42.0 Å². The molecule has 1 amide bonds. The van der Waals surface area contributed by atoms with E-state index in [4.69, 9.17) is 4.98 Å². The van der Waals surface area contributed by atoms with Gasteiger partial charge in [0.1, 0.15) is 0 Å². The molecular weight excluding hydrogens is 328 g/mol. The summed E-state index contributed by atoms with van der Waals surface area (Å²) in [6.07, 6.45) is 10.9. The van der Waals surface area contributed by atoms with Crippen molar-refractivity contribution < 1.29 is 4.79 Å². The van der Waals surface area contributed by atoms with Crippen LogP contribution in [0, 0.1) is 0 Å². The van der Waals surface area contributed by atoms with Gasteiger partial charge in [-0.3, -0.25) is 4.79 Å². The lowest BCUT2D eigenvalue weighted by Crippen LogP contribution is -2.24. The minimum atomic E-state index is 0.0138. The lowest BCUT2D eigenvalue weighted by molar-refractivity contribution is 0.0954. The zero-order valence-electron chi connectivity index (χ0n) is 14.5. The van der Waals surface area contributed by atoms with Gasteiger partial charge in [-0.25, -0.2) is 4.98 Å². The maximum Gasteiger partial charge on any atom is 0.251 e. The molecule has 1 aromatic carbocycles. The molecule has 1 fully saturated rings. The molecule has 0 spiro atoms. The molecule has 1 heterocycles. The van der Waals surface area contributed by atoms with E-state index in [2.05, 4.69) is 16.8 Å². The summed E-state index contributed by atoms with van der Waals surface area (Å²) in [6, 6.07) is 7.82. The van der Waals surface area contributed by atoms with Crippen LogP contribution in [0.1, 0.15) is 66.2 Å². The molecule has 0 atom stereocenters. The van der Waals surface area contributed by atoms with Crippen molar-refractivity contribution in [3.63, 3.8) is 0 Å². The zero-order chi connectivity index (χ0) is 17.1. The van der Waals surface area contributed by atoms with Gasteiger partial charge in [0.2, 0.25) is 0 Å². The molecule has 2 aliphatic carbocycles. The fraction of sp³-hybridized carbons (Fsp3) is 0.429. The van der Waals surface area contributed by atoms with Gasteiger partial charge in [-0.2, -0.15) is 0 Å². The van der Waals surface area contributed by atoms with Crippen LogP contribution in [-0.2, 0) is 0 Å². The summed E-state index contributed by atoms with van der Waals surface area (Å²) in [5.74, 6) is 0.711. The Hall–Kier alpha value is -1.94. The number of rotatable bonds is 6. The summed E-state index contributed by atoms with van der Waals surface area (Å²) in [5, 5.41) is 6.42. The maximum absolute atomic E-state index is 12.3. The number of nitrogens with zero attached hydrogens (tertiary/aromatic N) is 1. The molecule has 1 aromatic heterocycles. The molecular formula is C21H24N2OS. The molecule has 1 saturated carbocycles. The van der Waals surface area contributed by atoms with Gasteiger partial charge in [-0.15, -0.1) is 11.3 Å². The Morgan fingerprint density at radius 3 is 2.76 bits per heavy atom. The van der Waals surface area contributed by atoms with Gasteiger partial charge in [0.15, 0.2) is 0 Å². The normalized spacial score (nSPS) is 17.2. The number of nitrogens with one attached hydrogen (secondary N) is 1. The smallest absolute Gasteiger partial charge is 0.251 e.